The van der Waals surface area contributed by atoms with Gasteiger partial charge in [0.2, 0.25) is 0 Å². The molecular weight excluding hydrogens is 867 g/mol. The average molecular weight is 928 g/mol. The molecule has 72 heavy (non-hydrogen) atoms. The van der Waals surface area contributed by atoms with E-state index >= 15 is 0 Å². The Kier molecular flexibility index (Phi) is 11.7. The monoisotopic (exact) mass is 927 g/mol. The number of fused-ring (bicyclic) bond motifs is 4. The van der Waals surface area contributed by atoms with Crippen molar-refractivity contribution in [2.75, 3.05) is 4.90 Å². The van der Waals surface area contributed by atoms with Crippen LogP contribution >= 0.6 is 0 Å². The molecule has 0 aromatic heterocycles. The fraction of sp³-hybridized carbons (Fsp3) is 0.183. The zero-order valence-electron chi connectivity index (χ0n) is 41.2. The Morgan fingerprint density at radius 1 is 0.333 bits per heavy atom. The van der Waals surface area contributed by atoms with Gasteiger partial charge in [-0.1, -0.05) is 239 Å². The van der Waals surface area contributed by atoms with Crippen molar-refractivity contribution in [1.29, 1.82) is 0 Å². The Hall–Kier alpha value is -7.74. The fourth-order valence-corrected chi connectivity index (χ4v) is 13.3. The van der Waals surface area contributed by atoms with E-state index in [1.54, 1.807) is 0 Å². The van der Waals surface area contributed by atoms with Gasteiger partial charge < -0.3 is 4.90 Å². The molecule has 2 fully saturated rings. The molecule has 0 aliphatic heterocycles. The molecule has 10 aromatic rings. The summed E-state index contributed by atoms with van der Waals surface area (Å²) in [5.74, 6) is 1.26. The normalized spacial score (nSPS) is 15.5. The van der Waals surface area contributed by atoms with Crippen LogP contribution in [0.25, 0.3) is 55.3 Å². The molecule has 0 heterocycles. The van der Waals surface area contributed by atoms with E-state index in [-0.39, 0.29) is 0 Å². The van der Waals surface area contributed by atoms with Crippen LogP contribution in [-0.2, 0) is 5.41 Å². The van der Waals surface area contributed by atoms with E-state index in [1.807, 2.05) is 0 Å². The predicted molar refractivity (Wildman–Crippen MR) is 304 cm³/mol. The summed E-state index contributed by atoms with van der Waals surface area (Å²) < 4.78 is 0. The molecule has 3 aliphatic rings. The van der Waals surface area contributed by atoms with E-state index in [2.05, 4.69) is 241 Å². The molecule has 13 rings (SSSR count). The van der Waals surface area contributed by atoms with Crippen LogP contribution in [0.3, 0.4) is 0 Å². The van der Waals surface area contributed by atoms with E-state index in [0.717, 1.165) is 17.1 Å². The van der Waals surface area contributed by atoms with Gasteiger partial charge in [-0.05, 0) is 163 Å². The van der Waals surface area contributed by atoms with Gasteiger partial charge in [-0.25, -0.2) is 0 Å². The van der Waals surface area contributed by atoms with E-state index in [0.29, 0.717) is 11.8 Å². The molecule has 0 unspecified atom stereocenters. The molecule has 0 bridgehead atoms. The van der Waals surface area contributed by atoms with Crippen LogP contribution in [0.1, 0.15) is 109 Å². The highest BCUT2D eigenvalue weighted by molar-refractivity contribution is 6.04. The molecule has 0 N–H and O–H groups in total. The van der Waals surface area contributed by atoms with Crippen molar-refractivity contribution >= 4 is 27.8 Å². The summed E-state index contributed by atoms with van der Waals surface area (Å²) in [7, 11) is 0. The van der Waals surface area contributed by atoms with Crippen molar-refractivity contribution in [1.82, 2.24) is 0 Å². The van der Waals surface area contributed by atoms with E-state index in [1.165, 1.54) is 153 Å². The lowest BCUT2D eigenvalue weighted by Crippen LogP contribution is -2.29. The van der Waals surface area contributed by atoms with E-state index < -0.39 is 5.41 Å². The van der Waals surface area contributed by atoms with Crippen molar-refractivity contribution < 1.29 is 0 Å². The number of benzene rings is 10. The third-order valence-corrected chi connectivity index (χ3v) is 16.8. The smallest absolute Gasteiger partial charge is 0.0714 e. The Morgan fingerprint density at radius 2 is 0.861 bits per heavy atom. The Morgan fingerprint density at radius 3 is 1.50 bits per heavy atom. The minimum atomic E-state index is -0.513. The zero-order chi connectivity index (χ0) is 47.8. The highest BCUT2D eigenvalue weighted by atomic mass is 15.1. The number of anilines is 3. The molecular formula is C71H61N. The molecule has 3 aliphatic carbocycles. The lowest BCUT2D eigenvalue weighted by molar-refractivity contribution is 0.443. The predicted octanol–water partition coefficient (Wildman–Crippen LogP) is 19.8. The van der Waals surface area contributed by atoms with E-state index in [9.17, 15) is 0 Å². The van der Waals surface area contributed by atoms with Gasteiger partial charge >= 0.3 is 0 Å². The van der Waals surface area contributed by atoms with Gasteiger partial charge in [-0.3, -0.25) is 0 Å². The van der Waals surface area contributed by atoms with Gasteiger partial charge in [-0.15, -0.1) is 0 Å². The second kappa shape index (κ2) is 19.1. The first-order chi connectivity index (χ1) is 35.7. The minimum absolute atomic E-state index is 0.513. The Labute approximate surface area is 426 Å². The van der Waals surface area contributed by atoms with Crippen LogP contribution in [0.15, 0.2) is 237 Å². The Bertz CT molecular complexity index is 3450. The summed E-state index contributed by atoms with van der Waals surface area (Å²) >= 11 is 0. The summed E-state index contributed by atoms with van der Waals surface area (Å²) in [6.45, 7) is 0. The minimum Gasteiger partial charge on any atom is -0.310 e. The first-order valence-corrected chi connectivity index (χ1v) is 26.8. The molecule has 1 heteroatoms. The van der Waals surface area contributed by atoms with Crippen molar-refractivity contribution in [3.8, 4) is 44.5 Å². The summed E-state index contributed by atoms with van der Waals surface area (Å²) in [6.07, 6.45) is 13.2. The fourth-order valence-electron chi connectivity index (χ4n) is 13.3. The number of hydrogen-bond donors (Lipinski definition) is 0. The van der Waals surface area contributed by atoms with Gasteiger partial charge in [0.05, 0.1) is 5.41 Å². The molecule has 0 atom stereocenters. The highest BCUT2D eigenvalue weighted by Crippen LogP contribution is 2.59. The van der Waals surface area contributed by atoms with Gasteiger partial charge in [-0.2, -0.15) is 0 Å². The lowest BCUT2D eigenvalue weighted by atomic mass is 9.67. The largest absolute Gasteiger partial charge is 0.310 e. The molecule has 0 saturated heterocycles. The van der Waals surface area contributed by atoms with Gasteiger partial charge in [0, 0.05) is 17.1 Å². The average Bonchev–Trinajstić information content (AvgIpc) is 3.77. The third kappa shape index (κ3) is 7.78. The third-order valence-electron chi connectivity index (χ3n) is 16.8. The topological polar surface area (TPSA) is 3.24 Å². The van der Waals surface area contributed by atoms with Crippen LogP contribution in [0.2, 0.25) is 0 Å². The second-order valence-corrected chi connectivity index (χ2v) is 20.8. The highest BCUT2D eigenvalue weighted by Gasteiger charge is 2.47. The van der Waals surface area contributed by atoms with Crippen LogP contribution in [0.5, 0.6) is 0 Å². The van der Waals surface area contributed by atoms with Crippen LogP contribution in [0.4, 0.5) is 17.1 Å². The molecule has 0 spiro atoms. The zero-order valence-corrected chi connectivity index (χ0v) is 41.2. The molecule has 0 amide bonds. The van der Waals surface area contributed by atoms with Crippen LogP contribution < -0.4 is 4.90 Å². The van der Waals surface area contributed by atoms with Crippen molar-refractivity contribution in [3.05, 3.63) is 270 Å². The maximum atomic E-state index is 2.54. The summed E-state index contributed by atoms with van der Waals surface area (Å²) in [5.41, 5.74) is 21.5. The van der Waals surface area contributed by atoms with Gasteiger partial charge in [0.1, 0.15) is 0 Å². The summed E-state index contributed by atoms with van der Waals surface area (Å²) in [6, 6.07) is 89.7. The molecule has 350 valence electrons. The van der Waals surface area contributed by atoms with Crippen LogP contribution in [-0.4, -0.2) is 0 Å². The molecule has 10 aromatic carbocycles. The van der Waals surface area contributed by atoms with E-state index in [4.69, 9.17) is 0 Å². The SMILES string of the molecule is c1ccc(-c2c(-c3ccc(N(c4ccc(-c5ccc(C6CCCCC6)cc5)cc4)c4ccc5c(c4)C(c4ccccc4)(c4ccccc4)c4cccc(C6CCCCC6)c4-5)cc3)ccc3ccccc23)cc1. The summed E-state index contributed by atoms with van der Waals surface area (Å²) in [5, 5.41) is 2.51. The van der Waals surface area contributed by atoms with Crippen molar-refractivity contribution in [3.63, 3.8) is 0 Å². The van der Waals surface area contributed by atoms with Crippen molar-refractivity contribution in [2.24, 2.45) is 0 Å². The second-order valence-electron chi connectivity index (χ2n) is 20.8. The van der Waals surface area contributed by atoms with Gasteiger partial charge in [0.15, 0.2) is 0 Å². The first-order valence-electron chi connectivity index (χ1n) is 26.8. The maximum absolute atomic E-state index is 2.54. The molecule has 0 radical (unpaired) electrons. The lowest BCUT2D eigenvalue weighted by Gasteiger charge is -2.35. The van der Waals surface area contributed by atoms with Crippen LogP contribution in [0, 0.1) is 0 Å². The molecule has 1 nitrogen and oxygen atoms in total. The number of hydrogen-bond acceptors (Lipinski definition) is 1. The first kappa shape index (κ1) is 44.2. The number of nitrogens with zero attached hydrogens (tertiary/aromatic N) is 1. The maximum Gasteiger partial charge on any atom is 0.0714 e. The Balaban J connectivity index is 0.981. The molecule has 2 saturated carbocycles. The van der Waals surface area contributed by atoms with Gasteiger partial charge in [0.25, 0.3) is 0 Å². The van der Waals surface area contributed by atoms with Crippen molar-refractivity contribution in [2.45, 2.75) is 81.5 Å². The quantitative estimate of drug-likeness (QED) is 0.132. The standard InChI is InChI=1S/C71H61N/c1-6-19-50(20-7-1)51-33-35-52(36-34-51)53-37-42-60(43-38-53)72(61-44-39-56(40-45-61)65-47-41-55-23-16-17-30-63(55)69(65)57-24-10-3-11-25-57)62-46-48-66-68(49-62)71(58-26-12-4-13-27-58,59-28-14-5-15-29-59)67-32-18-31-64(70(66)67)54-21-8-2-9-22-54/h3-5,10-18,23-50,54H,1-2,6-9,19-22H2. The number of rotatable bonds is 10. The summed E-state index contributed by atoms with van der Waals surface area (Å²) in [4.78, 5) is 2.49.